The van der Waals surface area contributed by atoms with Crippen molar-refractivity contribution < 1.29 is 29.0 Å². The van der Waals surface area contributed by atoms with E-state index in [2.05, 4.69) is 27.9 Å². The summed E-state index contributed by atoms with van der Waals surface area (Å²) in [5.41, 5.74) is 1.57. The van der Waals surface area contributed by atoms with E-state index in [-0.39, 0.29) is 21.9 Å². The van der Waals surface area contributed by atoms with Gasteiger partial charge in [0.1, 0.15) is 12.2 Å². The van der Waals surface area contributed by atoms with Crippen LogP contribution in [-0.2, 0) is 16.2 Å². The van der Waals surface area contributed by atoms with Gasteiger partial charge >= 0.3 is 5.97 Å². The first-order chi connectivity index (χ1) is 17.3. The Labute approximate surface area is 225 Å². The van der Waals surface area contributed by atoms with Crippen molar-refractivity contribution in [2.75, 3.05) is 12.0 Å². The van der Waals surface area contributed by atoms with E-state index in [1.54, 1.807) is 18.2 Å². The van der Waals surface area contributed by atoms with Crippen molar-refractivity contribution >= 4 is 69.5 Å². The molecule has 2 N–H and O–H groups in total. The first-order valence-corrected chi connectivity index (χ1v) is 12.1. The first kappa shape index (κ1) is 25.3. The zero-order valence-electron chi connectivity index (χ0n) is 18.9. The fourth-order valence-corrected chi connectivity index (χ4v) is 4.11. The van der Waals surface area contributed by atoms with Gasteiger partial charge in [0.15, 0.2) is 16.6 Å². The molecule has 1 heterocycles. The maximum Gasteiger partial charge on any atom is 0.335 e. The molecule has 0 spiro atoms. The van der Waals surface area contributed by atoms with Crippen LogP contribution in [0.15, 0.2) is 72.3 Å². The summed E-state index contributed by atoms with van der Waals surface area (Å²) >= 11 is 7.42. The number of hydrogen-bond donors (Lipinski definition) is 2. The molecular weight excluding hydrogens is 595 g/mol. The second-order valence-electron chi connectivity index (χ2n) is 7.64. The summed E-state index contributed by atoms with van der Waals surface area (Å²) in [7, 11) is 1.50. The summed E-state index contributed by atoms with van der Waals surface area (Å²) < 4.78 is 12.5. The number of nitrogens with zero attached hydrogens (tertiary/aromatic N) is 1. The zero-order chi connectivity index (χ0) is 25.8. The number of halogens is 1. The number of rotatable bonds is 7. The molecule has 0 aromatic heterocycles. The van der Waals surface area contributed by atoms with Gasteiger partial charge in [0.25, 0.3) is 11.8 Å². The Morgan fingerprint density at radius 2 is 1.83 bits per heavy atom. The van der Waals surface area contributed by atoms with Crippen LogP contribution in [0.3, 0.4) is 0 Å². The Morgan fingerprint density at radius 3 is 2.53 bits per heavy atom. The molecule has 1 saturated heterocycles. The Hall–Kier alpha value is -3.77. The lowest BCUT2D eigenvalue weighted by molar-refractivity contribution is -0.122. The highest BCUT2D eigenvalue weighted by atomic mass is 127. The topological polar surface area (TPSA) is 105 Å². The van der Waals surface area contributed by atoms with Crippen molar-refractivity contribution in [1.82, 2.24) is 5.32 Å². The molecule has 0 radical (unpaired) electrons. The number of methoxy groups -OCH3 is 1. The number of anilines is 1. The summed E-state index contributed by atoms with van der Waals surface area (Å²) in [6.07, 6.45) is 1.42. The molecule has 1 aliphatic heterocycles. The molecule has 8 nitrogen and oxygen atoms in total. The van der Waals surface area contributed by atoms with E-state index in [0.29, 0.717) is 23.7 Å². The second kappa shape index (κ2) is 10.9. The number of ether oxygens (including phenoxy) is 2. The molecule has 3 aromatic rings. The molecule has 182 valence electrons. The first-order valence-electron chi connectivity index (χ1n) is 10.6. The third kappa shape index (κ3) is 5.55. The van der Waals surface area contributed by atoms with Gasteiger partial charge in [0, 0.05) is 3.57 Å². The number of carbonyl (C=O) groups is 3. The molecule has 1 fully saturated rings. The molecule has 3 aromatic carbocycles. The Kier molecular flexibility index (Phi) is 7.65. The van der Waals surface area contributed by atoms with Crippen molar-refractivity contribution in [2.24, 2.45) is 0 Å². The van der Waals surface area contributed by atoms with Crippen LogP contribution in [0, 0.1) is 3.57 Å². The van der Waals surface area contributed by atoms with Gasteiger partial charge in [-0.15, -0.1) is 0 Å². The lowest BCUT2D eigenvalue weighted by Crippen LogP contribution is -2.54. The number of thiocarbonyl (C=S) groups is 1. The SMILES string of the molecule is COc1cc(C=C2C(=O)NC(=S)N(c3cccc(C(=O)O)c3)C2=O)ccc1OCc1ccc(I)cc1. The lowest BCUT2D eigenvalue weighted by Gasteiger charge is -2.29. The van der Waals surface area contributed by atoms with Crippen molar-refractivity contribution in [3.8, 4) is 11.5 Å². The van der Waals surface area contributed by atoms with E-state index in [0.717, 1.165) is 14.0 Å². The van der Waals surface area contributed by atoms with Gasteiger partial charge in [-0.25, -0.2) is 4.79 Å². The Morgan fingerprint density at radius 1 is 1.08 bits per heavy atom. The minimum Gasteiger partial charge on any atom is -0.493 e. The van der Waals surface area contributed by atoms with E-state index in [1.165, 1.54) is 37.5 Å². The lowest BCUT2D eigenvalue weighted by atomic mass is 10.1. The number of nitrogens with one attached hydrogen (secondary N) is 1. The number of aromatic carboxylic acids is 1. The molecule has 0 unspecified atom stereocenters. The molecular formula is C26H19IN2O6S. The predicted molar refractivity (Wildman–Crippen MR) is 146 cm³/mol. The molecule has 2 amide bonds. The van der Waals surface area contributed by atoms with Crippen LogP contribution < -0.4 is 19.7 Å². The van der Waals surface area contributed by atoms with Crippen LogP contribution in [0.25, 0.3) is 6.08 Å². The van der Waals surface area contributed by atoms with Gasteiger partial charge in [-0.3, -0.25) is 19.8 Å². The molecule has 0 aliphatic carbocycles. The van der Waals surface area contributed by atoms with Gasteiger partial charge in [0.05, 0.1) is 18.4 Å². The van der Waals surface area contributed by atoms with Crippen LogP contribution in [0.5, 0.6) is 11.5 Å². The number of carboxylic acid groups (broad SMARTS) is 1. The fraction of sp³-hybridized carbons (Fsp3) is 0.0769. The molecule has 0 atom stereocenters. The minimum atomic E-state index is -1.15. The quantitative estimate of drug-likeness (QED) is 0.176. The highest BCUT2D eigenvalue weighted by Crippen LogP contribution is 2.31. The number of benzene rings is 3. The van der Waals surface area contributed by atoms with E-state index in [1.807, 2.05) is 24.3 Å². The van der Waals surface area contributed by atoms with Gasteiger partial charge in [-0.2, -0.15) is 0 Å². The zero-order valence-corrected chi connectivity index (χ0v) is 21.8. The van der Waals surface area contributed by atoms with E-state index in [9.17, 15) is 19.5 Å². The van der Waals surface area contributed by atoms with Gasteiger partial charge in [-0.1, -0.05) is 24.3 Å². The van der Waals surface area contributed by atoms with E-state index >= 15 is 0 Å². The summed E-state index contributed by atoms with van der Waals surface area (Å²) in [4.78, 5) is 38.3. The third-order valence-corrected chi connectivity index (χ3v) is 6.26. The number of amides is 2. The van der Waals surface area contributed by atoms with Crippen molar-refractivity contribution in [2.45, 2.75) is 6.61 Å². The third-order valence-electron chi connectivity index (χ3n) is 5.26. The maximum absolute atomic E-state index is 13.2. The number of hydrogen-bond acceptors (Lipinski definition) is 6. The van der Waals surface area contributed by atoms with Gasteiger partial charge < -0.3 is 14.6 Å². The number of carboxylic acids is 1. The average molecular weight is 614 g/mol. The van der Waals surface area contributed by atoms with Crippen molar-refractivity contribution in [3.63, 3.8) is 0 Å². The van der Waals surface area contributed by atoms with Crippen LogP contribution in [0.4, 0.5) is 5.69 Å². The molecule has 36 heavy (non-hydrogen) atoms. The summed E-state index contributed by atoms with van der Waals surface area (Å²) in [6.45, 7) is 0.344. The number of carbonyl (C=O) groups excluding carboxylic acids is 2. The molecule has 1 aliphatic rings. The van der Waals surface area contributed by atoms with Crippen molar-refractivity contribution in [1.29, 1.82) is 0 Å². The van der Waals surface area contributed by atoms with Gasteiger partial charge in [-0.05, 0) is 94.5 Å². The Bertz CT molecular complexity index is 1400. The molecule has 0 saturated carbocycles. The van der Waals surface area contributed by atoms with Crippen LogP contribution in [0.1, 0.15) is 21.5 Å². The maximum atomic E-state index is 13.2. The van der Waals surface area contributed by atoms with E-state index < -0.39 is 17.8 Å². The van der Waals surface area contributed by atoms with Crippen LogP contribution in [-0.4, -0.2) is 35.1 Å². The molecule has 10 heteroatoms. The average Bonchev–Trinajstić information content (AvgIpc) is 2.86. The second-order valence-corrected chi connectivity index (χ2v) is 9.27. The summed E-state index contributed by atoms with van der Waals surface area (Å²) in [6, 6.07) is 18.7. The summed E-state index contributed by atoms with van der Waals surface area (Å²) in [5, 5.41) is 11.6. The largest absolute Gasteiger partial charge is 0.493 e. The monoisotopic (exact) mass is 614 g/mol. The Balaban J connectivity index is 1.60. The highest BCUT2D eigenvalue weighted by Gasteiger charge is 2.34. The van der Waals surface area contributed by atoms with E-state index in [4.69, 9.17) is 21.7 Å². The van der Waals surface area contributed by atoms with Crippen molar-refractivity contribution in [3.05, 3.63) is 92.6 Å². The smallest absolute Gasteiger partial charge is 0.335 e. The standard InChI is InChI=1S/C26H19IN2O6S/c1-34-22-12-16(7-10-21(22)35-14-15-5-8-18(27)9-6-15)11-20-23(30)28-26(36)29(24(20)31)19-4-2-3-17(13-19)25(32)33/h2-13H,14H2,1H3,(H,32,33)(H,28,30,36). The highest BCUT2D eigenvalue weighted by molar-refractivity contribution is 14.1. The van der Waals surface area contributed by atoms with Crippen LogP contribution in [0.2, 0.25) is 0 Å². The molecule has 0 bridgehead atoms. The predicted octanol–water partition coefficient (Wildman–Crippen LogP) is 4.41. The molecule has 4 rings (SSSR count). The fourth-order valence-electron chi connectivity index (χ4n) is 3.47. The van der Waals surface area contributed by atoms with Gasteiger partial charge in [0.2, 0.25) is 0 Å². The minimum absolute atomic E-state index is 0.0175. The summed E-state index contributed by atoms with van der Waals surface area (Å²) in [5.74, 6) is -1.55. The van der Waals surface area contributed by atoms with Crippen LogP contribution >= 0.6 is 34.8 Å². The normalized spacial score (nSPS) is 14.6.